The summed E-state index contributed by atoms with van der Waals surface area (Å²) in [6.07, 6.45) is 0. The molecule has 9 heteroatoms. The maximum absolute atomic E-state index is 11.9. The van der Waals surface area contributed by atoms with Gasteiger partial charge in [-0.05, 0) is 13.0 Å². The Morgan fingerprint density at radius 2 is 2.30 bits per heavy atom. The van der Waals surface area contributed by atoms with Gasteiger partial charge in [-0.15, -0.1) is 35.5 Å². The number of nitrogens with zero attached hydrogens (tertiary/aromatic N) is 1. The molecule has 0 fully saturated rings. The lowest BCUT2D eigenvalue weighted by Gasteiger charge is -2.25. The number of esters is 1. The smallest absolute Gasteiger partial charge is 0.326 e. The second kappa shape index (κ2) is 6.96. The van der Waals surface area contributed by atoms with Crippen LogP contribution in [0.15, 0.2) is 10.3 Å². The lowest BCUT2D eigenvalue weighted by molar-refractivity contribution is -0.142. The van der Waals surface area contributed by atoms with E-state index in [9.17, 15) is 9.59 Å². The zero-order valence-corrected chi connectivity index (χ0v) is 13.1. The highest BCUT2D eigenvalue weighted by molar-refractivity contribution is 8.02. The molecule has 3 N–H and O–H groups in total. The average molecular weight is 336 g/mol. The van der Waals surface area contributed by atoms with Gasteiger partial charge in [0.05, 0.1) is 27.1 Å². The van der Waals surface area contributed by atoms with E-state index >= 15 is 0 Å². The summed E-state index contributed by atoms with van der Waals surface area (Å²) < 4.78 is 5.76. The van der Waals surface area contributed by atoms with Gasteiger partial charge in [-0.2, -0.15) is 0 Å². The number of hydrogen-bond acceptors (Lipinski definition) is 6. The number of amidine groups is 1. The Labute approximate surface area is 130 Å². The van der Waals surface area contributed by atoms with Crippen LogP contribution in [0.5, 0.6) is 0 Å². The summed E-state index contributed by atoms with van der Waals surface area (Å²) in [5.41, 5.74) is 6.09. The fourth-order valence-electron chi connectivity index (χ4n) is 1.64. The minimum Gasteiger partial charge on any atom is -0.465 e. The molecule has 0 aromatic carbocycles. The zero-order valence-electron chi connectivity index (χ0n) is 10.7. The van der Waals surface area contributed by atoms with E-state index in [1.54, 1.807) is 13.0 Å². The number of nitrogen functional groups attached to an aromatic ring is 1. The van der Waals surface area contributed by atoms with E-state index in [2.05, 4.69) is 0 Å². The van der Waals surface area contributed by atoms with Gasteiger partial charge in [0.25, 0.3) is 0 Å². The summed E-state index contributed by atoms with van der Waals surface area (Å²) in [5, 5.41) is 7.42. The minimum atomic E-state index is -0.440. The average Bonchev–Trinajstić information content (AvgIpc) is 2.77. The van der Waals surface area contributed by atoms with Crippen molar-refractivity contribution < 1.29 is 14.3 Å². The number of halogens is 1. The molecule has 2 rings (SSSR count). The van der Waals surface area contributed by atoms with E-state index in [1.807, 2.05) is 0 Å². The Morgan fingerprint density at radius 1 is 1.60 bits per heavy atom. The molecule has 1 aromatic rings. The molecule has 6 nitrogen and oxygen atoms in total. The van der Waals surface area contributed by atoms with Crippen LogP contribution in [0.1, 0.15) is 11.8 Å². The molecule has 20 heavy (non-hydrogen) atoms. The van der Waals surface area contributed by atoms with Crippen molar-refractivity contribution in [3.63, 3.8) is 0 Å². The molecule has 1 aromatic heterocycles. The van der Waals surface area contributed by atoms with E-state index in [4.69, 9.17) is 15.9 Å². The summed E-state index contributed by atoms with van der Waals surface area (Å²) >= 11 is 2.76. The van der Waals surface area contributed by atoms with Gasteiger partial charge in [0.2, 0.25) is 5.91 Å². The van der Waals surface area contributed by atoms with Crippen LogP contribution in [0.2, 0.25) is 0 Å². The third-order valence-corrected chi connectivity index (χ3v) is 4.87. The van der Waals surface area contributed by atoms with Gasteiger partial charge in [-0.1, -0.05) is 0 Å². The second-order valence-corrected chi connectivity index (χ2v) is 6.07. The normalized spacial score (nSPS) is 13.4. The number of amides is 1. The largest absolute Gasteiger partial charge is 0.465 e. The van der Waals surface area contributed by atoms with Crippen LogP contribution in [0, 0.1) is 5.41 Å². The van der Waals surface area contributed by atoms with Crippen LogP contribution in [-0.2, 0) is 14.3 Å². The number of hydrogen-bond donors (Lipinski definition) is 2. The zero-order chi connectivity index (χ0) is 14.0. The van der Waals surface area contributed by atoms with Crippen molar-refractivity contribution >= 4 is 58.9 Å². The van der Waals surface area contributed by atoms with E-state index < -0.39 is 5.97 Å². The number of rotatable bonds is 4. The number of carbonyl (C=O) groups is 2. The summed E-state index contributed by atoms with van der Waals surface area (Å²) in [6, 6.07) is 1.67. The monoisotopic (exact) mass is 335 g/mol. The van der Waals surface area contributed by atoms with Gasteiger partial charge in [0.15, 0.2) is 0 Å². The molecule has 0 bridgehead atoms. The third kappa shape index (κ3) is 3.44. The number of nitrogens with two attached hydrogens (primary N) is 1. The molecule has 0 unspecified atom stereocenters. The first-order valence-corrected chi connectivity index (χ1v) is 7.40. The Bertz CT molecular complexity index is 547. The number of ether oxygens (including phenoxy) is 1. The summed E-state index contributed by atoms with van der Waals surface area (Å²) in [5.74, 6) is -0.337. The highest BCUT2D eigenvalue weighted by Crippen LogP contribution is 2.41. The molecule has 0 spiro atoms. The molecule has 0 atom stereocenters. The van der Waals surface area contributed by atoms with E-state index in [1.165, 1.54) is 28.0 Å². The van der Waals surface area contributed by atoms with Crippen molar-refractivity contribution in [3.05, 3.63) is 10.9 Å². The molecule has 1 aliphatic heterocycles. The molecule has 110 valence electrons. The Kier molecular flexibility index (Phi) is 5.85. The van der Waals surface area contributed by atoms with E-state index in [0.29, 0.717) is 10.6 Å². The summed E-state index contributed by atoms with van der Waals surface area (Å²) in [7, 11) is 0. The summed E-state index contributed by atoms with van der Waals surface area (Å²) in [4.78, 5) is 25.4. The SMILES string of the molecule is CCOC(=O)CN1C(=O)CSc2sc(C(=N)N)cc21.Cl. The Hall–Kier alpha value is -1.25. The maximum Gasteiger partial charge on any atom is 0.326 e. The van der Waals surface area contributed by atoms with Gasteiger partial charge >= 0.3 is 5.97 Å². The van der Waals surface area contributed by atoms with Gasteiger partial charge in [-0.25, -0.2) is 0 Å². The van der Waals surface area contributed by atoms with Crippen LogP contribution < -0.4 is 10.6 Å². The first-order valence-electron chi connectivity index (χ1n) is 5.60. The van der Waals surface area contributed by atoms with Gasteiger partial charge in [0.1, 0.15) is 12.4 Å². The maximum atomic E-state index is 11.9. The van der Waals surface area contributed by atoms with Crippen molar-refractivity contribution in [2.24, 2.45) is 5.73 Å². The fourth-order valence-corrected chi connectivity index (χ4v) is 3.80. The number of thioether (sulfide) groups is 1. The quantitative estimate of drug-likeness (QED) is 0.493. The standard InChI is InChI=1S/C11H13N3O3S2.ClH/c1-2-17-9(16)4-14-6-3-7(10(12)13)19-11(6)18-5-8(14)15;/h3H,2,4-5H2,1H3,(H3,12,13);1H. The lowest BCUT2D eigenvalue weighted by atomic mass is 10.3. The van der Waals surface area contributed by atoms with Crippen LogP contribution in [0.4, 0.5) is 5.69 Å². The molecular weight excluding hydrogens is 322 g/mol. The fraction of sp³-hybridized carbons (Fsp3) is 0.364. The molecule has 0 saturated heterocycles. The van der Waals surface area contributed by atoms with Crippen LogP contribution in [0.3, 0.4) is 0 Å². The first kappa shape index (κ1) is 16.8. The van der Waals surface area contributed by atoms with Gasteiger partial charge in [-0.3, -0.25) is 19.9 Å². The number of nitrogens with one attached hydrogen (secondary N) is 1. The van der Waals surface area contributed by atoms with Crippen molar-refractivity contribution in [1.29, 1.82) is 5.41 Å². The molecule has 2 heterocycles. The summed E-state index contributed by atoms with van der Waals surface area (Å²) in [6.45, 7) is 1.90. The van der Waals surface area contributed by atoms with Crippen molar-refractivity contribution in [3.8, 4) is 0 Å². The number of anilines is 1. The Morgan fingerprint density at radius 3 is 2.90 bits per heavy atom. The molecular formula is C11H14ClN3O3S2. The molecule has 1 aliphatic rings. The van der Waals surface area contributed by atoms with E-state index in [-0.39, 0.29) is 43.1 Å². The molecule has 1 amide bonds. The van der Waals surface area contributed by atoms with Crippen LogP contribution in [-0.4, -0.2) is 36.6 Å². The number of thiophene rings is 1. The van der Waals surface area contributed by atoms with Crippen LogP contribution in [0.25, 0.3) is 0 Å². The Balaban J connectivity index is 0.00000200. The lowest BCUT2D eigenvalue weighted by Crippen LogP contribution is -2.39. The first-order chi connectivity index (χ1) is 9.02. The third-order valence-electron chi connectivity index (χ3n) is 2.46. The molecule has 0 saturated carbocycles. The highest BCUT2D eigenvalue weighted by atomic mass is 35.5. The molecule has 0 radical (unpaired) electrons. The number of carbonyl (C=O) groups excluding carboxylic acids is 2. The van der Waals surface area contributed by atoms with Gasteiger partial charge in [0, 0.05) is 0 Å². The van der Waals surface area contributed by atoms with Gasteiger partial charge < -0.3 is 10.5 Å². The van der Waals surface area contributed by atoms with Crippen LogP contribution >= 0.6 is 35.5 Å². The van der Waals surface area contributed by atoms with Crippen molar-refractivity contribution in [2.45, 2.75) is 11.1 Å². The van der Waals surface area contributed by atoms with Crippen molar-refractivity contribution in [2.75, 3.05) is 23.8 Å². The predicted octanol–water partition coefficient (Wildman–Crippen LogP) is 1.46. The van der Waals surface area contributed by atoms with E-state index in [0.717, 1.165) is 4.21 Å². The van der Waals surface area contributed by atoms with Crippen molar-refractivity contribution in [1.82, 2.24) is 0 Å². The minimum absolute atomic E-state index is 0. The second-order valence-electron chi connectivity index (χ2n) is 3.77. The predicted molar refractivity (Wildman–Crippen MR) is 82.3 cm³/mol. The highest BCUT2D eigenvalue weighted by Gasteiger charge is 2.29. The number of fused-ring (bicyclic) bond motifs is 1. The molecule has 0 aliphatic carbocycles. The topological polar surface area (TPSA) is 96.5 Å².